The average Bonchev–Trinajstić information content (AvgIpc) is 2.08. The summed E-state index contributed by atoms with van der Waals surface area (Å²) in [5.41, 5.74) is -16.8. The SMILES string of the molecule is O=S(=O)(O)C(F)(F)F.O=S(=O)([O-])C(F)(F)F.O=S(=O)([O-])C(F)(F)F.[Yb+2]. The Hall–Kier alpha value is 0.619. The Morgan fingerprint density at radius 2 is 0.640 bits per heavy atom. The van der Waals surface area contributed by atoms with Gasteiger partial charge in [-0.3, -0.25) is 4.55 Å². The maximum Gasteiger partial charge on any atom is 2.00 e. The molecule has 9 nitrogen and oxygen atoms in total. The maximum atomic E-state index is 10.7. The van der Waals surface area contributed by atoms with Crippen LogP contribution in [0.2, 0.25) is 0 Å². The van der Waals surface area contributed by atoms with E-state index in [2.05, 4.69) is 0 Å². The number of halogens is 9. The van der Waals surface area contributed by atoms with Crippen molar-refractivity contribution in [2.75, 3.05) is 0 Å². The quantitative estimate of drug-likeness (QED) is 0.230. The molecule has 0 rings (SSSR count). The van der Waals surface area contributed by atoms with Gasteiger partial charge in [-0.25, -0.2) is 16.8 Å². The van der Waals surface area contributed by atoms with Gasteiger partial charge in [-0.2, -0.15) is 47.9 Å². The average molecular weight is 621 g/mol. The zero-order valence-corrected chi connectivity index (χ0v) is 14.3. The van der Waals surface area contributed by atoms with Crippen LogP contribution in [0, 0.1) is 46.9 Å². The van der Waals surface area contributed by atoms with Gasteiger partial charge < -0.3 is 9.11 Å². The standard InChI is InChI=1S/3CHF3O3S.Yb/c3*2-1(3,4)8(5,6)7;/h3*(H,5,6,7);/q;;;+2/p-2. The van der Waals surface area contributed by atoms with Gasteiger partial charge in [0.05, 0.1) is 0 Å². The minimum atomic E-state index is -6.09. The molecular weight excluding hydrogens is 620 g/mol. The van der Waals surface area contributed by atoms with Gasteiger partial charge in [0.1, 0.15) is 0 Å². The third-order valence-corrected chi connectivity index (χ3v) is 2.58. The molecule has 0 spiro atoms. The first-order chi connectivity index (χ1) is 9.75. The molecule has 0 aromatic rings. The van der Waals surface area contributed by atoms with Crippen LogP contribution in [-0.2, 0) is 30.4 Å². The molecule has 0 amide bonds. The fourth-order valence-electron chi connectivity index (χ4n) is 0. The first-order valence-corrected chi connectivity index (χ1v) is 8.09. The Morgan fingerprint density at radius 1 is 0.560 bits per heavy atom. The summed E-state index contributed by atoms with van der Waals surface area (Å²) in [7, 11) is -18.0. The zero-order chi connectivity index (χ0) is 21.0. The molecule has 25 heavy (non-hydrogen) atoms. The van der Waals surface area contributed by atoms with E-state index in [1.807, 2.05) is 0 Å². The Bertz CT molecular complexity index is 596. The Balaban J connectivity index is -0.000000130. The molecule has 162 valence electrons. The molecule has 0 saturated heterocycles. The molecule has 0 saturated carbocycles. The van der Waals surface area contributed by atoms with Crippen LogP contribution < -0.4 is 0 Å². The summed E-state index contributed by atoms with van der Waals surface area (Å²) in [5.74, 6) is 0. The normalized spacial score (nSPS) is 13.4. The molecule has 22 heteroatoms. The van der Waals surface area contributed by atoms with E-state index in [1.54, 1.807) is 0 Å². The number of hydrogen-bond acceptors (Lipinski definition) is 8. The summed E-state index contributed by atoms with van der Waals surface area (Å²) in [6.45, 7) is 0. The van der Waals surface area contributed by atoms with Gasteiger partial charge in [0.25, 0.3) is 0 Å². The summed E-state index contributed by atoms with van der Waals surface area (Å²) in [5, 5.41) is 0. The van der Waals surface area contributed by atoms with Crippen LogP contribution in [0.25, 0.3) is 0 Å². The second-order valence-electron chi connectivity index (χ2n) is 2.72. The molecule has 0 aliphatic rings. The molecule has 0 aromatic carbocycles. The van der Waals surface area contributed by atoms with Crippen LogP contribution in [0.4, 0.5) is 39.5 Å². The molecular formula is C3HF9O9S3Yb. The third kappa shape index (κ3) is 16.5. The van der Waals surface area contributed by atoms with Crippen LogP contribution in [0.3, 0.4) is 0 Å². The smallest absolute Gasteiger partial charge is 0.741 e. The summed E-state index contributed by atoms with van der Waals surface area (Å²) < 4.78 is 175. The van der Waals surface area contributed by atoms with Crippen molar-refractivity contribution in [3.63, 3.8) is 0 Å². The summed E-state index contributed by atoms with van der Waals surface area (Å²) in [6.07, 6.45) is 0. The fraction of sp³-hybridized carbons (Fsp3) is 1.00. The van der Waals surface area contributed by atoms with Crippen molar-refractivity contribution in [2.45, 2.75) is 16.5 Å². The maximum absolute atomic E-state index is 10.7. The van der Waals surface area contributed by atoms with Crippen molar-refractivity contribution in [3.05, 3.63) is 0 Å². The van der Waals surface area contributed by atoms with E-state index in [4.69, 9.17) is 38.9 Å². The predicted molar refractivity (Wildman–Crippen MR) is 49.1 cm³/mol. The van der Waals surface area contributed by atoms with Gasteiger partial charge in [-0.05, 0) is 0 Å². The number of hydrogen-bond donors (Lipinski definition) is 1. The van der Waals surface area contributed by atoms with E-state index in [0.29, 0.717) is 0 Å². The molecule has 0 radical (unpaired) electrons. The Morgan fingerprint density at radius 3 is 0.640 bits per heavy atom. The van der Waals surface area contributed by atoms with Gasteiger partial charge in [-0.15, -0.1) is 0 Å². The van der Waals surface area contributed by atoms with E-state index in [-0.39, 0.29) is 46.9 Å². The van der Waals surface area contributed by atoms with Gasteiger partial charge in [0, 0.05) is 0 Å². The number of alkyl halides is 9. The van der Waals surface area contributed by atoms with Gasteiger partial charge in [0.2, 0.25) is 0 Å². The second-order valence-corrected chi connectivity index (χ2v) is 6.88. The summed E-state index contributed by atoms with van der Waals surface area (Å²) in [4.78, 5) is 0. The van der Waals surface area contributed by atoms with Crippen LogP contribution in [0.5, 0.6) is 0 Å². The van der Waals surface area contributed by atoms with Gasteiger partial charge in [-0.1, -0.05) is 0 Å². The number of rotatable bonds is 0. The molecule has 0 aliphatic carbocycles. The van der Waals surface area contributed by atoms with E-state index in [0.717, 1.165) is 0 Å². The first kappa shape index (κ1) is 33.2. The van der Waals surface area contributed by atoms with Crippen LogP contribution in [0.1, 0.15) is 0 Å². The van der Waals surface area contributed by atoms with E-state index in [1.165, 1.54) is 0 Å². The topological polar surface area (TPSA) is 169 Å². The summed E-state index contributed by atoms with van der Waals surface area (Å²) in [6, 6.07) is 0. The first-order valence-electron chi connectivity index (χ1n) is 3.83. The molecule has 0 aliphatic heterocycles. The molecule has 0 atom stereocenters. The van der Waals surface area contributed by atoms with Crippen LogP contribution >= 0.6 is 0 Å². The summed E-state index contributed by atoms with van der Waals surface area (Å²) >= 11 is 0. The predicted octanol–water partition coefficient (Wildman–Crippen LogP) is 0.497. The van der Waals surface area contributed by atoms with Crippen molar-refractivity contribution in [2.24, 2.45) is 0 Å². The Labute approximate surface area is 171 Å². The second kappa shape index (κ2) is 10.2. The van der Waals surface area contributed by atoms with E-state index in [9.17, 15) is 39.5 Å². The third-order valence-electron chi connectivity index (χ3n) is 0.859. The van der Waals surface area contributed by atoms with Crippen molar-refractivity contribution in [1.82, 2.24) is 0 Å². The minimum Gasteiger partial charge on any atom is -0.741 e. The Kier molecular flexibility index (Phi) is 13.6. The molecule has 0 heterocycles. The van der Waals surface area contributed by atoms with E-state index < -0.39 is 46.9 Å². The van der Waals surface area contributed by atoms with Crippen molar-refractivity contribution >= 4 is 30.4 Å². The van der Waals surface area contributed by atoms with Crippen molar-refractivity contribution in [3.8, 4) is 0 Å². The molecule has 0 fully saturated rings. The van der Waals surface area contributed by atoms with Crippen molar-refractivity contribution in [1.29, 1.82) is 0 Å². The molecule has 0 unspecified atom stereocenters. The fourth-order valence-corrected chi connectivity index (χ4v) is 0. The van der Waals surface area contributed by atoms with E-state index >= 15 is 0 Å². The minimum absolute atomic E-state index is 0. The monoisotopic (exact) mass is 622 g/mol. The van der Waals surface area contributed by atoms with Gasteiger partial charge >= 0.3 is 73.6 Å². The largest absolute Gasteiger partial charge is 2.00 e. The van der Waals surface area contributed by atoms with Gasteiger partial charge in [0.15, 0.2) is 20.2 Å². The van der Waals surface area contributed by atoms with Crippen LogP contribution in [0.15, 0.2) is 0 Å². The molecule has 0 bridgehead atoms. The molecule has 0 aromatic heterocycles. The zero-order valence-electron chi connectivity index (χ0n) is 10.1. The van der Waals surface area contributed by atoms with Crippen LogP contribution in [-0.4, -0.2) is 55.4 Å². The van der Waals surface area contributed by atoms with Crippen molar-refractivity contribution < 1.29 is 125 Å². The molecule has 1 N–H and O–H groups in total.